The van der Waals surface area contributed by atoms with Crippen molar-refractivity contribution in [3.8, 4) is 5.75 Å². The minimum absolute atomic E-state index is 0.0766. The molecule has 1 saturated heterocycles. The Bertz CT molecular complexity index is 1490. The van der Waals surface area contributed by atoms with E-state index in [9.17, 15) is 9.90 Å². The number of hydrogen-bond donors (Lipinski definition) is 2. The number of nitrogens with one attached hydrogen (secondary N) is 1. The van der Waals surface area contributed by atoms with Crippen LogP contribution >= 0.6 is 16.8 Å². The van der Waals surface area contributed by atoms with Crippen molar-refractivity contribution in [2.24, 2.45) is 10.9 Å². The molecule has 0 atom stereocenters. The number of phenols is 1. The van der Waals surface area contributed by atoms with Crippen molar-refractivity contribution in [2.75, 3.05) is 19.6 Å². The van der Waals surface area contributed by atoms with Gasteiger partial charge in [-0.05, 0) is 0 Å². The fraction of sp³-hybridized carbons (Fsp3) is 0.219. The Balaban J connectivity index is 1.17. The van der Waals surface area contributed by atoms with Gasteiger partial charge < -0.3 is 0 Å². The average Bonchev–Trinajstić information content (AvgIpc) is 3.02. The SMILES string of the molecule is [B]C1=C2NC(c3ccccc3O)=CC(=NCC3CCN(C(=O)C(c4ccccc4)c4ccccc4)CC3)N2[I-]I=C1. The molecule has 2 N–H and O–H groups in total. The van der Waals surface area contributed by atoms with E-state index in [0.717, 1.165) is 65.4 Å². The summed E-state index contributed by atoms with van der Waals surface area (Å²) >= 11 is -0.291. The number of nitrogens with zero attached hydrogens (tertiary/aromatic N) is 3. The summed E-state index contributed by atoms with van der Waals surface area (Å²) in [6.45, 7) is 2.18. The fourth-order valence-corrected chi connectivity index (χ4v) is 13.6. The first-order valence-electron chi connectivity index (χ1n) is 13.7. The Morgan fingerprint density at radius 3 is 2.29 bits per heavy atom. The van der Waals surface area contributed by atoms with Crippen LogP contribution in [0.3, 0.4) is 0 Å². The van der Waals surface area contributed by atoms with Crippen LogP contribution in [0.2, 0.25) is 0 Å². The van der Waals surface area contributed by atoms with E-state index in [4.69, 9.17) is 12.8 Å². The Morgan fingerprint density at radius 2 is 1.63 bits per heavy atom. The molecule has 0 bridgehead atoms. The third kappa shape index (κ3) is 6.30. The van der Waals surface area contributed by atoms with Gasteiger partial charge in [-0.25, -0.2) is 0 Å². The number of carbonyl (C=O) groups is 1. The number of likely N-dealkylation sites (tertiary alicyclic amines) is 1. The molecule has 0 aromatic heterocycles. The van der Waals surface area contributed by atoms with Crippen molar-refractivity contribution >= 4 is 46.1 Å². The molecule has 3 aliphatic rings. The van der Waals surface area contributed by atoms with E-state index in [1.54, 1.807) is 6.07 Å². The first-order chi connectivity index (χ1) is 20.1. The van der Waals surface area contributed by atoms with Crippen molar-refractivity contribution in [3.63, 3.8) is 0 Å². The van der Waals surface area contributed by atoms with Gasteiger partial charge in [0.1, 0.15) is 0 Å². The van der Waals surface area contributed by atoms with E-state index in [1.165, 1.54) is 0 Å². The van der Waals surface area contributed by atoms with E-state index in [0.29, 0.717) is 12.5 Å². The standard InChI is InChI=1S/C32H30BI2N4O2/c33-26-20-34-35-39-29(19-27(37-31(26)39)25-13-7-8-14-28(25)40)36-21-22-15-17-38(18-16-22)32(41)30(23-9-3-1-4-10-23)24-11-5-2-6-12-24/h1-14,19-20,22,30,37,40H,15-18,21H2/q-1. The number of piperidine rings is 1. The predicted molar refractivity (Wildman–Crippen MR) is 170 cm³/mol. The molecule has 3 aliphatic heterocycles. The molecule has 208 valence electrons. The van der Waals surface area contributed by atoms with Crippen LogP contribution in [0.4, 0.5) is 0 Å². The minimum atomic E-state index is -0.291. The summed E-state index contributed by atoms with van der Waals surface area (Å²) in [6, 6.07) is 27.5. The zero-order valence-corrected chi connectivity index (χ0v) is 26.8. The molecule has 0 saturated carbocycles. The number of fused-ring (bicyclic) bond motifs is 1. The number of aliphatic imine (C=N–C) groups is 1. The number of amides is 1. The topological polar surface area (TPSA) is 68.2 Å². The van der Waals surface area contributed by atoms with Crippen molar-refractivity contribution < 1.29 is 27.4 Å². The number of aromatic hydroxyl groups is 1. The number of phenolic OH excluding ortho intramolecular Hbond substituents is 1. The summed E-state index contributed by atoms with van der Waals surface area (Å²) in [4.78, 5) is 21.0. The summed E-state index contributed by atoms with van der Waals surface area (Å²) in [5, 5.41) is 13.9. The summed E-state index contributed by atoms with van der Waals surface area (Å²) in [5.41, 5.74) is 4.36. The second-order valence-electron chi connectivity index (χ2n) is 10.3. The molecule has 2 radical (unpaired) electrons. The van der Waals surface area contributed by atoms with Gasteiger partial charge in [-0.15, -0.1) is 0 Å². The van der Waals surface area contributed by atoms with Gasteiger partial charge in [0.25, 0.3) is 0 Å². The number of allylic oxidation sites excluding steroid dienone is 1. The van der Waals surface area contributed by atoms with E-state index in [-0.39, 0.29) is 51.8 Å². The number of hydrogen-bond acceptors (Lipinski definition) is 4. The van der Waals surface area contributed by atoms with E-state index < -0.39 is 0 Å². The first-order valence-corrected chi connectivity index (χ1v) is 22.2. The number of para-hydroxylation sites is 1. The zero-order valence-electron chi connectivity index (χ0n) is 22.5. The number of amidine groups is 1. The van der Waals surface area contributed by atoms with Crippen molar-refractivity contribution in [1.29, 1.82) is 0 Å². The van der Waals surface area contributed by atoms with Crippen LogP contribution in [0.15, 0.2) is 107 Å². The number of carbonyl (C=O) groups excluding carboxylic acids is 1. The quantitative estimate of drug-likeness (QED) is 0.230. The maximum absolute atomic E-state index is 13.8. The molecule has 1 amide bonds. The molecule has 0 unspecified atom stereocenters. The van der Waals surface area contributed by atoms with Crippen molar-refractivity contribution in [1.82, 2.24) is 13.3 Å². The van der Waals surface area contributed by atoms with E-state index >= 15 is 0 Å². The maximum atomic E-state index is 13.8. The fourth-order valence-electron chi connectivity index (χ4n) is 5.38. The van der Waals surface area contributed by atoms with Gasteiger partial charge in [0, 0.05) is 0 Å². The Morgan fingerprint density at radius 1 is 1.00 bits per heavy atom. The van der Waals surface area contributed by atoms with Gasteiger partial charge in [0.05, 0.1) is 0 Å². The molecule has 6 rings (SSSR count). The molecule has 0 spiro atoms. The predicted octanol–water partition coefficient (Wildman–Crippen LogP) is 2.15. The van der Waals surface area contributed by atoms with Gasteiger partial charge in [0.15, 0.2) is 0 Å². The van der Waals surface area contributed by atoms with Crippen LogP contribution < -0.4 is 22.8 Å². The van der Waals surface area contributed by atoms with Crippen LogP contribution in [0.5, 0.6) is 5.75 Å². The molecule has 0 aliphatic carbocycles. The molecule has 1 fully saturated rings. The summed E-state index contributed by atoms with van der Waals surface area (Å²) in [6.07, 6.45) is 3.89. The van der Waals surface area contributed by atoms with Gasteiger partial charge in [0.2, 0.25) is 0 Å². The molecule has 9 heteroatoms. The van der Waals surface area contributed by atoms with Gasteiger partial charge in [-0.2, -0.15) is 0 Å². The van der Waals surface area contributed by atoms with Crippen LogP contribution in [0, 0.1) is 5.92 Å². The first kappa shape index (κ1) is 28.2. The van der Waals surface area contributed by atoms with Crippen LogP contribution in [0.25, 0.3) is 5.70 Å². The molecule has 3 heterocycles. The zero-order chi connectivity index (χ0) is 28.2. The molecule has 3 aromatic carbocycles. The Hall–Kier alpha value is -2.93. The third-order valence-electron chi connectivity index (χ3n) is 7.60. The summed E-state index contributed by atoms with van der Waals surface area (Å²) < 4.78 is 4.47. The molecule has 41 heavy (non-hydrogen) atoms. The van der Waals surface area contributed by atoms with Crippen LogP contribution in [0.1, 0.15) is 35.4 Å². The summed E-state index contributed by atoms with van der Waals surface area (Å²) in [5.74, 6) is 2.32. The van der Waals surface area contributed by atoms with Gasteiger partial charge >= 0.3 is 224 Å². The normalized spacial score (nSPS) is 18.8. The Labute approximate surface area is 259 Å². The molecule has 3 aromatic rings. The summed E-state index contributed by atoms with van der Waals surface area (Å²) in [7, 11) is 6.40. The Kier molecular flexibility index (Phi) is 8.90. The van der Waals surface area contributed by atoms with Crippen LogP contribution in [-0.2, 0) is 4.79 Å². The number of halogens is 2. The third-order valence-corrected chi connectivity index (χ3v) is 15.5. The number of benzene rings is 3. The second-order valence-corrected chi connectivity index (χ2v) is 18.3. The average molecular weight is 767 g/mol. The van der Waals surface area contributed by atoms with Crippen molar-refractivity contribution in [2.45, 2.75) is 18.8 Å². The van der Waals surface area contributed by atoms with Gasteiger partial charge in [-0.3, -0.25) is 0 Å². The monoisotopic (exact) mass is 767 g/mol. The molecular weight excluding hydrogens is 737 g/mol. The van der Waals surface area contributed by atoms with Crippen LogP contribution in [-0.4, -0.2) is 56.4 Å². The molecular formula is C32H30BI2N4O2-. The molecule has 6 nitrogen and oxygen atoms in total. The second kappa shape index (κ2) is 12.9. The van der Waals surface area contributed by atoms with E-state index in [1.807, 2.05) is 89.8 Å². The van der Waals surface area contributed by atoms with Gasteiger partial charge in [-0.1, -0.05) is 36.4 Å². The van der Waals surface area contributed by atoms with E-state index in [2.05, 4.69) is 12.4 Å². The van der Waals surface area contributed by atoms with Crippen molar-refractivity contribution in [3.05, 3.63) is 119 Å². The number of rotatable bonds is 6.